The second-order valence-corrected chi connectivity index (χ2v) is 4.98. The van der Waals surface area contributed by atoms with Crippen molar-refractivity contribution in [3.8, 4) is 0 Å². The lowest BCUT2D eigenvalue weighted by molar-refractivity contribution is -0.146. The number of rotatable bonds is 3. The van der Waals surface area contributed by atoms with E-state index in [-0.39, 0.29) is 5.91 Å². The topological polar surface area (TPSA) is 66.4 Å². The summed E-state index contributed by atoms with van der Waals surface area (Å²) in [5.41, 5.74) is 0.606. The van der Waals surface area contributed by atoms with Crippen LogP contribution in [0.1, 0.15) is 12.8 Å². The Balaban J connectivity index is 2.13. The highest BCUT2D eigenvalue weighted by Crippen LogP contribution is 2.28. The number of thiol groups is 1. The summed E-state index contributed by atoms with van der Waals surface area (Å²) in [6.07, 6.45) is 4.53. The number of para-hydroxylation sites is 1. The van der Waals surface area contributed by atoms with Crippen LogP contribution < -0.4 is 5.32 Å². The monoisotopic (exact) mass is 277 g/mol. The van der Waals surface area contributed by atoms with Gasteiger partial charge in [-0.05, 0) is 25.0 Å². The van der Waals surface area contributed by atoms with Crippen LogP contribution >= 0.6 is 12.6 Å². The largest absolute Gasteiger partial charge is 0.481 e. The number of nitrogens with one attached hydrogen (secondary N) is 1. The van der Waals surface area contributed by atoms with Crippen molar-refractivity contribution in [3.63, 3.8) is 0 Å². The van der Waals surface area contributed by atoms with Gasteiger partial charge < -0.3 is 10.4 Å². The molecule has 0 aromatic heterocycles. The number of allylic oxidation sites excluding steroid dienone is 2. The van der Waals surface area contributed by atoms with Crippen LogP contribution in [0.4, 0.5) is 5.69 Å². The van der Waals surface area contributed by atoms with E-state index in [1.807, 2.05) is 18.2 Å². The van der Waals surface area contributed by atoms with Crippen molar-refractivity contribution in [2.45, 2.75) is 17.7 Å². The molecule has 1 aromatic rings. The van der Waals surface area contributed by atoms with Crippen molar-refractivity contribution in [1.29, 1.82) is 0 Å². The van der Waals surface area contributed by atoms with E-state index in [2.05, 4.69) is 17.9 Å². The van der Waals surface area contributed by atoms with Gasteiger partial charge in [0.2, 0.25) is 5.91 Å². The molecule has 5 heteroatoms. The van der Waals surface area contributed by atoms with E-state index < -0.39 is 17.8 Å². The third-order valence-corrected chi connectivity index (χ3v) is 3.64. The summed E-state index contributed by atoms with van der Waals surface area (Å²) >= 11 is 4.25. The number of hydrogen-bond donors (Lipinski definition) is 3. The third kappa shape index (κ3) is 3.17. The molecule has 0 fully saturated rings. The molecule has 100 valence electrons. The molecule has 2 unspecified atom stereocenters. The van der Waals surface area contributed by atoms with E-state index in [1.54, 1.807) is 18.2 Å². The van der Waals surface area contributed by atoms with Gasteiger partial charge in [-0.2, -0.15) is 0 Å². The molecule has 1 amide bonds. The zero-order valence-electron chi connectivity index (χ0n) is 10.2. The van der Waals surface area contributed by atoms with Crippen molar-refractivity contribution in [3.05, 3.63) is 36.4 Å². The van der Waals surface area contributed by atoms with Crippen molar-refractivity contribution in [1.82, 2.24) is 0 Å². The summed E-state index contributed by atoms with van der Waals surface area (Å²) in [5, 5.41) is 11.9. The molecule has 1 aliphatic rings. The maximum atomic E-state index is 12.2. The molecule has 2 rings (SSSR count). The Morgan fingerprint density at radius 2 is 1.79 bits per heavy atom. The Morgan fingerprint density at radius 1 is 1.16 bits per heavy atom. The molecule has 2 atom stereocenters. The molecule has 2 N–H and O–H groups in total. The molecule has 4 nitrogen and oxygen atoms in total. The van der Waals surface area contributed by atoms with Gasteiger partial charge in [0.15, 0.2) is 0 Å². The van der Waals surface area contributed by atoms with Gasteiger partial charge in [-0.3, -0.25) is 9.59 Å². The zero-order chi connectivity index (χ0) is 13.8. The smallest absolute Gasteiger partial charge is 0.307 e. The first kappa shape index (κ1) is 13.7. The summed E-state index contributed by atoms with van der Waals surface area (Å²) in [6, 6.07) is 7.13. The molecule has 0 heterocycles. The van der Waals surface area contributed by atoms with Crippen LogP contribution in [0.25, 0.3) is 0 Å². The number of carboxylic acids is 1. The second-order valence-electron chi connectivity index (χ2n) is 4.50. The van der Waals surface area contributed by atoms with Crippen molar-refractivity contribution in [2.75, 3.05) is 5.32 Å². The fourth-order valence-corrected chi connectivity index (χ4v) is 2.40. The number of amides is 1. The summed E-state index contributed by atoms with van der Waals surface area (Å²) in [7, 11) is 0. The number of carbonyl (C=O) groups excluding carboxylic acids is 1. The van der Waals surface area contributed by atoms with E-state index in [1.165, 1.54) is 0 Å². The summed E-state index contributed by atoms with van der Waals surface area (Å²) < 4.78 is 0. The Kier molecular flexibility index (Phi) is 4.27. The zero-order valence-corrected chi connectivity index (χ0v) is 11.1. The van der Waals surface area contributed by atoms with Crippen LogP contribution in [-0.4, -0.2) is 17.0 Å². The van der Waals surface area contributed by atoms with Crippen molar-refractivity contribution in [2.24, 2.45) is 11.8 Å². The Bertz CT molecular complexity index is 527. The van der Waals surface area contributed by atoms with Crippen LogP contribution in [0, 0.1) is 11.8 Å². The first-order valence-corrected chi connectivity index (χ1v) is 6.51. The van der Waals surface area contributed by atoms with Crippen molar-refractivity contribution >= 4 is 30.2 Å². The minimum absolute atomic E-state index is 0.266. The van der Waals surface area contributed by atoms with Crippen LogP contribution in [0.3, 0.4) is 0 Å². The minimum Gasteiger partial charge on any atom is -0.481 e. The van der Waals surface area contributed by atoms with Gasteiger partial charge in [-0.1, -0.05) is 24.3 Å². The second kappa shape index (κ2) is 5.93. The minimum atomic E-state index is -0.927. The lowest BCUT2D eigenvalue weighted by Crippen LogP contribution is -2.34. The van der Waals surface area contributed by atoms with E-state index in [9.17, 15) is 9.59 Å². The molecule has 19 heavy (non-hydrogen) atoms. The summed E-state index contributed by atoms with van der Waals surface area (Å²) in [4.78, 5) is 24.0. The Labute approximate surface area is 116 Å². The average molecular weight is 277 g/mol. The molecular formula is C14H15NO3S. The van der Waals surface area contributed by atoms with Crippen LogP contribution in [0.2, 0.25) is 0 Å². The fraction of sp³-hybridized carbons (Fsp3) is 0.286. The normalized spacial score (nSPS) is 21.9. The van der Waals surface area contributed by atoms with E-state index in [0.717, 1.165) is 0 Å². The van der Waals surface area contributed by atoms with E-state index in [0.29, 0.717) is 23.4 Å². The molecule has 0 aliphatic heterocycles. The number of carbonyl (C=O) groups is 2. The highest BCUT2D eigenvalue weighted by Gasteiger charge is 2.34. The van der Waals surface area contributed by atoms with Crippen molar-refractivity contribution < 1.29 is 14.7 Å². The Hall–Kier alpha value is -1.75. The molecule has 1 aliphatic carbocycles. The number of carboxylic acid groups (broad SMARTS) is 1. The molecule has 1 aromatic carbocycles. The predicted molar refractivity (Wildman–Crippen MR) is 75.3 cm³/mol. The lowest BCUT2D eigenvalue weighted by Gasteiger charge is -2.24. The van der Waals surface area contributed by atoms with Gasteiger partial charge in [0.1, 0.15) is 0 Å². The highest BCUT2D eigenvalue weighted by molar-refractivity contribution is 7.80. The molecule has 0 saturated carbocycles. The summed E-state index contributed by atoms with van der Waals surface area (Å²) in [6.45, 7) is 0. The van der Waals surface area contributed by atoms with Gasteiger partial charge in [0.05, 0.1) is 17.5 Å². The SMILES string of the molecule is O=C(O)C1CC=CCC1C(=O)Nc1ccccc1S. The molecule has 0 spiro atoms. The van der Waals surface area contributed by atoms with Crippen LogP contribution in [-0.2, 0) is 9.59 Å². The van der Waals surface area contributed by atoms with Crippen LogP contribution in [0.15, 0.2) is 41.3 Å². The molecule has 0 saturated heterocycles. The van der Waals surface area contributed by atoms with E-state index in [4.69, 9.17) is 5.11 Å². The van der Waals surface area contributed by atoms with Crippen LogP contribution in [0.5, 0.6) is 0 Å². The molecule has 0 radical (unpaired) electrons. The maximum Gasteiger partial charge on any atom is 0.307 e. The van der Waals surface area contributed by atoms with E-state index >= 15 is 0 Å². The van der Waals surface area contributed by atoms with Gasteiger partial charge in [-0.25, -0.2) is 0 Å². The quantitative estimate of drug-likeness (QED) is 0.587. The predicted octanol–water partition coefficient (Wildman–Crippen LogP) is 2.58. The first-order valence-electron chi connectivity index (χ1n) is 6.06. The number of anilines is 1. The first-order chi connectivity index (χ1) is 9.09. The number of aliphatic carboxylic acids is 1. The van der Waals surface area contributed by atoms with Gasteiger partial charge in [-0.15, -0.1) is 12.6 Å². The summed E-state index contributed by atoms with van der Waals surface area (Å²) in [5.74, 6) is -2.38. The maximum absolute atomic E-state index is 12.2. The number of hydrogen-bond acceptors (Lipinski definition) is 3. The highest BCUT2D eigenvalue weighted by atomic mass is 32.1. The molecule has 0 bridgehead atoms. The average Bonchev–Trinajstić information content (AvgIpc) is 2.41. The number of benzene rings is 1. The van der Waals surface area contributed by atoms with Gasteiger partial charge >= 0.3 is 5.97 Å². The Morgan fingerprint density at radius 3 is 2.42 bits per heavy atom. The standard InChI is InChI=1S/C14H15NO3S/c16-13(15-11-7-3-4-8-12(11)19)9-5-1-2-6-10(9)14(17)18/h1-4,7-10,19H,5-6H2,(H,15,16)(H,17,18). The molecular weight excluding hydrogens is 262 g/mol. The lowest BCUT2D eigenvalue weighted by atomic mass is 9.82. The fourth-order valence-electron chi connectivity index (χ4n) is 2.18. The third-order valence-electron chi connectivity index (χ3n) is 3.25. The van der Waals surface area contributed by atoms with Gasteiger partial charge in [0, 0.05) is 4.90 Å². The van der Waals surface area contributed by atoms with Gasteiger partial charge in [0.25, 0.3) is 0 Å².